The van der Waals surface area contributed by atoms with Gasteiger partial charge in [-0.1, -0.05) is 18.2 Å². The highest BCUT2D eigenvalue weighted by Gasteiger charge is 2.02. The average molecular weight is 311 g/mol. The van der Waals surface area contributed by atoms with Crippen LogP contribution in [0.15, 0.2) is 54.6 Å². The Morgan fingerprint density at radius 1 is 1.00 bits per heavy atom. The van der Waals surface area contributed by atoms with Crippen molar-refractivity contribution in [2.75, 3.05) is 13.7 Å². The van der Waals surface area contributed by atoms with Crippen LogP contribution in [0.3, 0.4) is 0 Å². The highest BCUT2D eigenvalue weighted by atomic mass is 16.5. The number of methoxy groups -OCH3 is 1. The van der Waals surface area contributed by atoms with E-state index in [2.05, 4.69) is 0 Å². The summed E-state index contributed by atoms with van der Waals surface area (Å²) in [5.74, 6) is -0.283. The number of aliphatic carboxylic acids is 1. The highest BCUT2D eigenvalue weighted by molar-refractivity contribution is 6.06. The number of ether oxygens (including phenoxy) is 2. The topological polar surface area (TPSA) is 75.7 Å². The van der Waals surface area contributed by atoms with E-state index in [-0.39, 0.29) is 5.78 Å². The Labute approximate surface area is 133 Å². The van der Waals surface area contributed by atoms with Gasteiger partial charge in [-0.3, -0.25) is 4.79 Å². The zero-order valence-electron chi connectivity index (χ0n) is 12.5. The maximum Gasteiger partial charge on any atom is 0.185 e. The van der Waals surface area contributed by atoms with Crippen molar-refractivity contribution in [2.45, 2.75) is 0 Å². The SMILES string of the molecule is COc1ccc(C(=O)/C=C/c2ccc(OCC(=O)[O-])cc2)cc1. The first kappa shape index (κ1) is 16.3. The van der Waals surface area contributed by atoms with Crippen LogP contribution in [0.5, 0.6) is 11.5 Å². The van der Waals surface area contributed by atoms with Crippen LogP contribution in [0.25, 0.3) is 6.08 Å². The molecule has 0 bridgehead atoms. The standard InChI is InChI=1S/C18H16O5/c1-22-15-9-5-14(6-10-15)17(19)11-4-13-2-7-16(8-3-13)23-12-18(20)21/h2-11H,12H2,1H3,(H,20,21)/p-1/b11-4+. The molecule has 5 heteroatoms. The second kappa shape index (κ2) is 7.79. The number of carbonyl (C=O) groups is 2. The molecule has 0 amide bonds. The van der Waals surface area contributed by atoms with Crippen LogP contribution >= 0.6 is 0 Å². The van der Waals surface area contributed by atoms with Gasteiger partial charge in [0.05, 0.1) is 13.1 Å². The van der Waals surface area contributed by atoms with E-state index in [0.717, 1.165) is 5.56 Å². The van der Waals surface area contributed by atoms with Crippen molar-refractivity contribution in [3.63, 3.8) is 0 Å². The first-order valence-corrected chi connectivity index (χ1v) is 6.87. The van der Waals surface area contributed by atoms with Crippen molar-refractivity contribution >= 4 is 17.8 Å². The number of hydrogen-bond donors (Lipinski definition) is 0. The van der Waals surface area contributed by atoms with Gasteiger partial charge in [-0.2, -0.15) is 0 Å². The minimum absolute atomic E-state index is 0.120. The summed E-state index contributed by atoms with van der Waals surface area (Å²) in [7, 11) is 1.57. The van der Waals surface area contributed by atoms with Gasteiger partial charge >= 0.3 is 0 Å². The monoisotopic (exact) mass is 311 g/mol. The van der Waals surface area contributed by atoms with Crippen molar-refractivity contribution in [2.24, 2.45) is 0 Å². The lowest BCUT2D eigenvalue weighted by molar-refractivity contribution is -0.307. The van der Waals surface area contributed by atoms with E-state index in [1.54, 1.807) is 61.7 Å². The molecule has 0 spiro atoms. The molecule has 5 nitrogen and oxygen atoms in total. The summed E-state index contributed by atoms with van der Waals surface area (Å²) in [6.45, 7) is -0.495. The van der Waals surface area contributed by atoms with Gasteiger partial charge in [0.15, 0.2) is 5.78 Å². The first-order valence-electron chi connectivity index (χ1n) is 6.87. The molecule has 0 N–H and O–H groups in total. The zero-order chi connectivity index (χ0) is 16.7. The van der Waals surface area contributed by atoms with Gasteiger partial charge in [0.25, 0.3) is 0 Å². The van der Waals surface area contributed by atoms with E-state index in [1.165, 1.54) is 6.08 Å². The second-order valence-corrected chi connectivity index (χ2v) is 4.66. The molecule has 0 saturated carbocycles. The number of carbonyl (C=O) groups excluding carboxylic acids is 2. The quantitative estimate of drug-likeness (QED) is 0.575. The molecule has 0 aliphatic carbocycles. The van der Waals surface area contributed by atoms with Crippen LogP contribution in [0, 0.1) is 0 Å². The van der Waals surface area contributed by atoms with Crippen LogP contribution in [0.4, 0.5) is 0 Å². The molecule has 2 aromatic rings. The summed E-state index contributed by atoms with van der Waals surface area (Å²) in [6, 6.07) is 13.5. The minimum Gasteiger partial charge on any atom is -0.546 e. The number of benzene rings is 2. The summed E-state index contributed by atoms with van der Waals surface area (Å²) in [5, 5.41) is 10.3. The molecular weight excluding hydrogens is 296 g/mol. The fourth-order valence-corrected chi connectivity index (χ4v) is 1.84. The molecule has 0 saturated heterocycles. The smallest absolute Gasteiger partial charge is 0.185 e. The highest BCUT2D eigenvalue weighted by Crippen LogP contribution is 2.15. The Morgan fingerprint density at radius 2 is 1.61 bits per heavy atom. The number of carboxylic acid groups (broad SMARTS) is 1. The average Bonchev–Trinajstić information content (AvgIpc) is 2.58. The third-order valence-corrected chi connectivity index (χ3v) is 3.04. The van der Waals surface area contributed by atoms with Gasteiger partial charge in [0, 0.05) is 5.56 Å². The third kappa shape index (κ3) is 5.00. The van der Waals surface area contributed by atoms with E-state index in [0.29, 0.717) is 17.1 Å². The fourth-order valence-electron chi connectivity index (χ4n) is 1.84. The molecular formula is C18H15O5-. The van der Waals surface area contributed by atoms with E-state index >= 15 is 0 Å². The molecule has 2 aromatic carbocycles. The number of hydrogen-bond acceptors (Lipinski definition) is 5. The number of ketones is 1. The van der Waals surface area contributed by atoms with Gasteiger partial charge in [-0.25, -0.2) is 0 Å². The molecule has 0 aliphatic rings. The van der Waals surface area contributed by atoms with E-state index in [4.69, 9.17) is 9.47 Å². The molecule has 0 aliphatic heterocycles. The van der Waals surface area contributed by atoms with Crippen molar-refractivity contribution in [1.29, 1.82) is 0 Å². The van der Waals surface area contributed by atoms with Gasteiger partial charge < -0.3 is 19.4 Å². The first-order chi connectivity index (χ1) is 11.1. The molecule has 0 atom stereocenters. The molecule has 2 rings (SSSR count). The normalized spacial score (nSPS) is 10.5. The summed E-state index contributed by atoms with van der Waals surface area (Å²) in [4.78, 5) is 22.3. The maximum absolute atomic E-state index is 12.0. The number of allylic oxidation sites excluding steroid dienone is 1. The Hall–Kier alpha value is -3.08. The molecule has 0 fully saturated rings. The summed E-state index contributed by atoms with van der Waals surface area (Å²) in [6.07, 6.45) is 3.15. The van der Waals surface area contributed by atoms with Crippen molar-refractivity contribution < 1.29 is 24.2 Å². The van der Waals surface area contributed by atoms with Crippen molar-refractivity contribution in [3.05, 3.63) is 65.7 Å². The molecule has 0 radical (unpaired) electrons. The van der Waals surface area contributed by atoms with Crippen LogP contribution < -0.4 is 14.6 Å². The van der Waals surface area contributed by atoms with Crippen LogP contribution in [0.2, 0.25) is 0 Å². The van der Waals surface area contributed by atoms with Gasteiger partial charge in [-0.15, -0.1) is 0 Å². The van der Waals surface area contributed by atoms with Gasteiger partial charge in [-0.05, 0) is 48.0 Å². The van der Waals surface area contributed by atoms with Crippen molar-refractivity contribution in [1.82, 2.24) is 0 Å². The molecule has 0 unspecified atom stereocenters. The van der Waals surface area contributed by atoms with Crippen molar-refractivity contribution in [3.8, 4) is 11.5 Å². The predicted molar refractivity (Wildman–Crippen MR) is 83.3 cm³/mol. The summed E-state index contributed by atoms with van der Waals surface area (Å²) < 4.78 is 10.0. The minimum atomic E-state index is -1.28. The van der Waals surface area contributed by atoms with Crippen LogP contribution in [-0.2, 0) is 4.79 Å². The lowest BCUT2D eigenvalue weighted by atomic mass is 10.1. The van der Waals surface area contributed by atoms with E-state index < -0.39 is 12.6 Å². The Bertz CT molecular complexity index is 699. The molecule has 0 aromatic heterocycles. The van der Waals surface area contributed by atoms with Crippen LogP contribution in [-0.4, -0.2) is 25.5 Å². The maximum atomic E-state index is 12.0. The Morgan fingerprint density at radius 3 is 2.17 bits per heavy atom. The molecule has 23 heavy (non-hydrogen) atoms. The van der Waals surface area contributed by atoms with E-state index in [9.17, 15) is 14.7 Å². The van der Waals surface area contributed by atoms with Gasteiger partial charge in [0.1, 0.15) is 18.1 Å². The van der Waals surface area contributed by atoms with Gasteiger partial charge in [0.2, 0.25) is 0 Å². The second-order valence-electron chi connectivity index (χ2n) is 4.66. The molecule has 0 heterocycles. The zero-order valence-corrected chi connectivity index (χ0v) is 12.5. The lowest BCUT2D eigenvalue weighted by Crippen LogP contribution is -2.28. The number of carboxylic acids is 1. The van der Waals surface area contributed by atoms with Crippen LogP contribution in [0.1, 0.15) is 15.9 Å². The summed E-state index contributed by atoms with van der Waals surface area (Å²) in [5.41, 5.74) is 1.36. The summed E-state index contributed by atoms with van der Waals surface area (Å²) >= 11 is 0. The fraction of sp³-hybridized carbons (Fsp3) is 0.111. The van der Waals surface area contributed by atoms with E-state index in [1.807, 2.05) is 0 Å². The molecule has 118 valence electrons. The predicted octanol–water partition coefficient (Wildman–Crippen LogP) is 1.72. The Balaban J connectivity index is 1.98. The Kier molecular flexibility index (Phi) is 5.52. The lowest BCUT2D eigenvalue weighted by Gasteiger charge is -2.06. The largest absolute Gasteiger partial charge is 0.546 e. The third-order valence-electron chi connectivity index (χ3n) is 3.04. The number of rotatable bonds is 7.